The van der Waals surface area contributed by atoms with Gasteiger partial charge in [0.1, 0.15) is 11.3 Å². The van der Waals surface area contributed by atoms with Crippen LogP contribution in [0.3, 0.4) is 0 Å². The molecule has 27 heavy (non-hydrogen) atoms. The lowest BCUT2D eigenvalue weighted by Gasteiger charge is -2.22. The van der Waals surface area contributed by atoms with Gasteiger partial charge in [0.2, 0.25) is 0 Å². The number of amides is 3. The maximum atomic E-state index is 13.5. The first kappa shape index (κ1) is 18.5. The molecule has 0 saturated carbocycles. The summed E-state index contributed by atoms with van der Waals surface area (Å²) in [6.45, 7) is 0.882. The second-order valence-electron chi connectivity index (χ2n) is 6.23. The van der Waals surface area contributed by atoms with Crippen molar-refractivity contribution in [1.82, 2.24) is 10.2 Å². The fourth-order valence-corrected chi connectivity index (χ4v) is 2.87. The molecule has 1 unspecified atom stereocenters. The molecule has 140 valence electrons. The lowest BCUT2D eigenvalue weighted by molar-refractivity contribution is -0.130. The highest BCUT2D eigenvalue weighted by Crippen LogP contribution is 2.30. The monoisotopic (exact) mass is 374 g/mol. The van der Waals surface area contributed by atoms with Gasteiger partial charge in [-0.05, 0) is 36.8 Å². The van der Waals surface area contributed by atoms with Gasteiger partial charge in [-0.15, -0.1) is 0 Å². The zero-order chi connectivity index (χ0) is 19.8. The van der Waals surface area contributed by atoms with Crippen molar-refractivity contribution in [1.29, 1.82) is 0 Å². The lowest BCUT2D eigenvalue weighted by atomic mass is 9.92. The van der Waals surface area contributed by atoms with Crippen LogP contribution < -0.4 is 10.1 Å². The third-order valence-electron chi connectivity index (χ3n) is 4.47. The number of hydrogen-bond donors (Lipinski definition) is 1. The number of carbonyl (C=O) groups excluding carboxylic acids is 3. The van der Waals surface area contributed by atoms with Crippen molar-refractivity contribution in [2.45, 2.75) is 12.5 Å². The number of rotatable bonds is 5. The van der Waals surface area contributed by atoms with E-state index < -0.39 is 41.4 Å². The highest BCUT2D eigenvalue weighted by Gasteiger charge is 2.49. The number of methoxy groups -OCH3 is 1. The molecular formula is C19H16F2N2O4. The van der Waals surface area contributed by atoms with Crippen LogP contribution in [0.25, 0.3) is 0 Å². The molecule has 1 aliphatic rings. The Morgan fingerprint density at radius 1 is 1.15 bits per heavy atom. The lowest BCUT2D eigenvalue weighted by Crippen LogP contribution is -2.41. The van der Waals surface area contributed by atoms with Crippen molar-refractivity contribution in [2.75, 3.05) is 13.7 Å². The van der Waals surface area contributed by atoms with E-state index in [1.54, 1.807) is 12.1 Å². The molecule has 6 nitrogen and oxygen atoms in total. The number of nitrogens with zero attached hydrogens (tertiary/aromatic N) is 1. The smallest absolute Gasteiger partial charge is 0.325 e. The minimum atomic E-state index is -1.60. The van der Waals surface area contributed by atoms with Crippen molar-refractivity contribution in [3.05, 3.63) is 65.2 Å². The topological polar surface area (TPSA) is 75.7 Å². The van der Waals surface area contributed by atoms with Crippen LogP contribution in [0.15, 0.2) is 42.5 Å². The number of halogens is 2. The molecule has 0 spiro atoms. The van der Waals surface area contributed by atoms with E-state index >= 15 is 0 Å². The summed E-state index contributed by atoms with van der Waals surface area (Å²) < 4.78 is 31.8. The molecule has 0 radical (unpaired) electrons. The molecule has 1 N–H and O–H groups in total. The van der Waals surface area contributed by atoms with E-state index in [9.17, 15) is 23.2 Å². The quantitative estimate of drug-likeness (QED) is 0.645. The Labute approximate surface area is 153 Å². The van der Waals surface area contributed by atoms with Gasteiger partial charge in [0, 0.05) is 5.56 Å². The van der Waals surface area contributed by atoms with E-state index in [4.69, 9.17) is 4.74 Å². The van der Waals surface area contributed by atoms with Crippen LogP contribution in [-0.2, 0) is 10.3 Å². The second kappa shape index (κ2) is 6.79. The van der Waals surface area contributed by atoms with Crippen molar-refractivity contribution in [2.24, 2.45) is 0 Å². The molecule has 1 fully saturated rings. The molecular weight excluding hydrogens is 358 g/mol. The van der Waals surface area contributed by atoms with Gasteiger partial charge in [0.25, 0.3) is 5.91 Å². The Kier molecular flexibility index (Phi) is 4.65. The number of urea groups is 1. The number of carbonyl (C=O) groups is 3. The molecule has 3 amide bonds. The molecule has 8 heteroatoms. The van der Waals surface area contributed by atoms with Crippen LogP contribution >= 0.6 is 0 Å². The van der Waals surface area contributed by atoms with Crippen molar-refractivity contribution in [3.8, 4) is 5.75 Å². The molecule has 2 aromatic rings. The summed E-state index contributed by atoms with van der Waals surface area (Å²) in [5.41, 5.74) is -1.24. The number of benzene rings is 2. The van der Waals surface area contributed by atoms with E-state index in [0.29, 0.717) is 5.75 Å². The Hall–Kier alpha value is -3.29. The van der Waals surface area contributed by atoms with Crippen molar-refractivity contribution in [3.63, 3.8) is 0 Å². The van der Waals surface area contributed by atoms with E-state index in [2.05, 4.69) is 5.32 Å². The average molecular weight is 374 g/mol. The van der Waals surface area contributed by atoms with Crippen LogP contribution in [0.5, 0.6) is 5.75 Å². The minimum Gasteiger partial charge on any atom is -0.497 e. The van der Waals surface area contributed by atoms with Gasteiger partial charge in [-0.2, -0.15) is 0 Å². The summed E-state index contributed by atoms with van der Waals surface area (Å²) in [4.78, 5) is 38.3. The maximum Gasteiger partial charge on any atom is 0.325 e. The summed E-state index contributed by atoms with van der Waals surface area (Å²) in [5, 5.41) is 2.44. The predicted molar refractivity (Wildman–Crippen MR) is 91.3 cm³/mol. The predicted octanol–water partition coefficient (Wildman–Crippen LogP) is 2.62. The Morgan fingerprint density at radius 2 is 1.89 bits per heavy atom. The third-order valence-corrected chi connectivity index (χ3v) is 4.47. The average Bonchev–Trinajstić information content (AvgIpc) is 2.88. The van der Waals surface area contributed by atoms with Crippen LogP contribution in [0, 0.1) is 11.6 Å². The molecule has 1 atom stereocenters. The van der Waals surface area contributed by atoms with Gasteiger partial charge in [0.05, 0.1) is 13.7 Å². The molecule has 1 saturated heterocycles. The molecule has 1 heterocycles. The van der Waals surface area contributed by atoms with Crippen molar-refractivity contribution >= 4 is 17.7 Å². The molecule has 1 aliphatic heterocycles. The maximum absolute atomic E-state index is 13.5. The number of ketones is 1. The summed E-state index contributed by atoms with van der Waals surface area (Å²) in [6.07, 6.45) is 0. The first-order chi connectivity index (χ1) is 12.8. The SMILES string of the molecule is COc1cccc(C(=O)CN2C(=O)NC(C)(c3ccc(F)c(F)c3)C2=O)c1. The molecule has 2 aromatic carbocycles. The van der Waals surface area contributed by atoms with Gasteiger partial charge in [-0.3, -0.25) is 14.5 Å². The van der Waals surface area contributed by atoms with E-state index in [0.717, 1.165) is 17.0 Å². The van der Waals surface area contributed by atoms with Gasteiger partial charge >= 0.3 is 6.03 Å². The van der Waals surface area contributed by atoms with Gasteiger partial charge in [-0.1, -0.05) is 18.2 Å². The Morgan fingerprint density at radius 3 is 2.56 bits per heavy atom. The Balaban J connectivity index is 1.85. The number of Topliss-reactive ketones (excluding diaryl/α,β-unsaturated/α-hetero) is 1. The fraction of sp³-hybridized carbons (Fsp3) is 0.211. The zero-order valence-electron chi connectivity index (χ0n) is 14.6. The highest BCUT2D eigenvalue weighted by atomic mass is 19.2. The summed E-state index contributed by atoms with van der Waals surface area (Å²) in [6, 6.07) is 8.45. The first-order valence-corrected chi connectivity index (χ1v) is 8.03. The van der Waals surface area contributed by atoms with Crippen molar-refractivity contribution < 1.29 is 27.9 Å². The van der Waals surface area contributed by atoms with Crippen LogP contribution in [0.1, 0.15) is 22.8 Å². The van der Waals surface area contributed by atoms with Crippen LogP contribution in [0.4, 0.5) is 13.6 Å². The summed E-state index contributed by atoms with van der Waals surface area (Å²) in [7, 11) is 1.45. The second-order valence-corrected chi connectivity index (χ2v) is 6.23. The largest absolute Gasteiger partial charge is 0.497 e. The van der Waals surface area contributed by atoms with E-state index in [1.807, 2.05) is 0 Å². The fourth-order valence-electron chi connectivity index (χ4n) is 2.87. The minimum absolute atomic E-state index is 0.0797. The standard InChI is InChI=1S/C19H16F2N2O4/c1-19(12-6-7-14(20)15(21)9-12)17(25)23(18(26)22-19)10-16(24)11-4-3-5-13(8-11)27-2/h3-9H,10H2,1-2H3,(H,22,26). The van der Waals surface area contributed by atoms with Crippen LogP contribution in [-0.4, -0.2) is 36.3 Å². The number of nitrogens with one attached hydrogen (secondary N) is 1. The third kappa shape index (κ3) is 3.25. The normalized spacial score (nSPS) is 19.2. The molecule has 0 aliphatic carbocycles. The van der Waals surface area contributed by atoms with Crippen LogP contribution in [0.2, 0.25) is 0 Å². The molecule has 0 aromatic heterocycles. The first-order valence-electron chi connectivity index (χ1n) is 8.03. The van der Waals surface area contributed by atoms with E-state index in [-0.39, 0.29) is 11.1 Å². The van der Waals surface area contributed by atoms with E-state index in [1.165, 1.54) is 32.2 Å². The zero-order valence-corrected chi connectivity index (χ0v) is 14.6. The number of ether oxygens (including phenoxy) is 1. The molecule has 0 bridgehead atoms. The van der Waals surface area contributed by atoms with Gasteiger partial charge in [0.15, 0.2) is 17.4 Å². The number of hydrogen-bond acceptors (Lipinski definition) is 4. The van der Waals surface area contributed by atoms with Gasteiger partial charge in [-0.25, -0.2) is 13.6 Å². The summed E-state index contributed by atoms with van der Waals surface area (Å²) >= 11 is 0. The highest BCUT2D eigenvalue weighted by molar-refractivity contribution is 6.11. The summed E-state index contributed by atoms with van der Waals surface area (Å²) in [5.74, 6) is -2.93. The van der Waals surface area contributed by atoms with Gasteiger partial charge < -0.3 is 10.1 Å². The number of imide groups is 1. The Bertz CT molecular complexity index is 947. The molecule has 3 rings (SSSR count).